The first kappa shape index (κ1) is 32.3. The Balaban J connectivity index is 1.20. The van der Waals surface area contributed by atoms with Crippen molar-refractivity contribution in [2.45, 2.75) is 33.8 Å². The monoisotopic (exact) mass is 726 g/mol. The molecule has 3 N–H and O–H groups in total. The molecular weight excluding hydrogens is 693 g/mol. The van der Waals surface area contributed by atoms with Gasteiger partial charge in [-0.1, -0.05) is 138 Å². The van der Waals surface area contributed by atoms with Crippen LogP contribution in [0.1, 0.15) is 34.2 Å². The van der Waals surface area contributed by atoms with Crippen LogP contribution >= 0.6 is 31.4 Å². The lowest BCUT2D eigenvalue weighted by molar-refractivity contribution is -0.175. The summed E-state index contributed by atoms with van der Waals surface area (Å²) in [5.74, 6) is -0.798. The Morgan fingerprint density at radius 2 is 1.31 bits per heavy atom. The molecule has 4 heterocycles. The van der Waals surface area contributed by atoms with Gasteiger partial charge in [0.05, 0.1) is 5.41 Å². The van der Waals surface area contributed by atoms with Crippen LogP contribution in [0, 0.1) is 0 Å². The van der Waals surface area contributed by atoms with Gasteiger partial charge in [-0.15, -0.1) is 0 Å². The minimum absolute atomic E-state index is 0.301. The SMILES string of the molecule is CN1C(=O)[C@]2(SSSC(c3ccccc3)(c3ccccc3)c3ccccc3)C[C@]3(c4c[nH]c5ccccc45)c4ccccc4N[C@@H]3N2C(=O)[C@H]1O. The summed E-state index contributed by atoms with van der Waals surface area (Å²) in [6, 6.07) is 47.6. The zero-order chi connectivity index (χ0) is 34.8. The van der Waals surface area contributed by atoms with Crippen molar-refractivity contribution in [2.75, 3.05) is 12.4 Å². The van der Waals surface area contributed by atoms with E-state index in [1.165, 1.54) is 32.6 Å². The number of nitrogens with zero attached hydrogens (tertiary/aromatic N) is 2. The number of piperazine rings is 1. The number of hydrogen-bond donors (Lipinski definition) is 3. The number of aliphatic hydroxyl groups excluding tert-OH is 1. The molecule has 0 spiro atoms. The molecule has 2 fully saturated rings. The average Bonchev–Trinajstić information content (AvgIpc) is 3.84. The first-order valence-electron chi connectivity index (χ1n) is 16.8. The fourth-order valence-corrected chi connectivity index (χ4v) is 14.7. The van der Waals surface area contributed by atoms with Gasteiger partial charge in [-0.05, 0) is 60.6 Å². The van der Waals surface area contributed by atoms with Crippen molar-refractivity contribution in [1.82, 2.24) is 14.8 Å². The number of amides is 2. The summed E-state index contributed by atoms with van der Waals surface area (Å²) in [7, 11) is 6.12. The lowest BCUT2D eigenvalue weighted by atomic mass is 9.72. The standard InChI is InChI=1S/C41H34N4O3S3/c1-44-35(46)36(47)45-37-39(31-22-12-14-24-34(31)43-37,32-25-42-33-23-13-11-21-30(32)33)26-40(45,38(44)48)49-51-50-41(27-15-5-2-6-16-27,28-17-7-3-8-18-28)29-19-9-4-10-20-29/h2-25,35,37,42-43,46H,26H2,1H3/t35-,37-,39-,40-/m1/s1. The highest BCUT2D eigenvalue weighted by Gasteiger charge is 2.72. The molecule has 0 radical (unpaired) electrons. The van der Waals surface area contributed by atoms with E-state index in [1.54, 1.807) is 15.7 Å². The van der Waals surface area contributed by atoms with Gasteiger partial charge in [-0.25, -0.2) is 0 Å². The number of H-pyrrole nitrogens is 1. The Kier molecular flexibility index (Phi) is 7.77. The first-order chi connectivity index (χ1) is 24.9. The van der Waals surface area contributed by atoms with Crippen LogP contribution in [0.2, 0.25) is 0 Å². The van der Waals surface area contributed by atoms with E-state index in [-0.39, 0.29) is 5.91 Å². The number of fused-ring (bicyclic) bond motifs is 6. The molecule has 6 aromatic rings. The lowest BCUT2D eigenvalue weighted by Gasteiger charge is -2.47. The van der Waals surface area contributed by atoms with Crippen LogP contribution in [0.5, 0.6) is 0 Å². The smallest absolute Gasteiger partial charge is 0.275 e. The van der Waals surface area contributed by atoms with Gasteiger partial charge in [0.2, 0.25) is 6.23 Å². The number of aromatic nitrogens is 1. The number of likely N-dealkylation sites (N-methyl/N-ethyl adjacent to an activating group) is 1. The number of nitrogens with one attached hydrogen (secondary N) is 2. The van der Waals surface area contributed by atoms with Crippen molar-refractivity contribution in [3.63, 3.8) is 0 Å². The van der Waals surface area contributed by atoms with E-state index in [9.17, 15) is 14.7 Å². The minimum atomic E-state index is -1.59. The maximum absolute atomic E-state index is 14.9. The molecule has 0 bridgehead atoms. The van der Waals surface area contributed by atoms with Crippen molar-refractivity contribution in [1.29, 1.82) is 0 Å². The van der Waals surface area contributed by atoms with Crippen molar-refractivity contribution < 1.29 is 14.7 Å². The van der Waals surface area contributed by atoms with Crippen molar-refractivity contribution in [3.8, 4) is 0 Å². The number of carbonyl (C=O) groups is 2. The molecule has 254 valence electrons. The quantitative estimate of drug-likeness (QED) is 0.108. The van der Waals surface area contributed by atoms with Gasteiger partial charge < -0.3 is 20.3 Å². The number of hydrogen-bond acceptors (Lipinski definition) is 7. The summed E-state index contributed by atoms with van der Waals surface area (Å²) in [6.07, 6.45) is 0.130. The van der Waals surface area contributed by atoms with Gasteiger partial charge in [0, 0.05) is 36.3 Å². The lowest BCUT2D eigenvalue weighted by Crippen LogP contribution is -2.69. The fourth-order valence-electron chi connectivity index (χ4n) is 8.45. The number of rotatable bonds is 8. The second kappa shape index (κ2) is 12.3. The Morgan fingerprint density at radius 1 is 0.745 bits per heavy atom. The fraction of sp³-hybridized carbons (Fsp3) is 0.171. The van der Waals surface area contributed by atoms with Crippen LogP contribution in [-0.4, -0.2) is 56.0 Å². The van der Waals surface area contributed by atoms with Crippen LogP contribution in [0.4, 0.5) is 5.69 Å². The Morgan fingerprint density at radius 3 is 1.96 bits per heavy atom. The molecule has 0 unspecified atom stereocenters. The van der Waals surface area contributed by atoms with Crippen LogP contribution in [0.25, 0.3) is 10.9 Å². The van der Waals surface area contributed by atoms with Gasteiger partial charge in [0.15, 0.2) is 4.87 Å². The number of carbonyl (C=O) groups excluding carboxylic acids is 2. The van der Waals surface area contributed by atoms with Crippen molar-refractivity contribution >= 4 is 59.8 Å². The highest BCUT2D eigenvalue weighted by atomic mass is 33.5. The van der Waals surface area contributed by atoms with Gasteiger partial charge >= 0.3 is 0 Å². The molecule has 51 heavy (non-hydrogen) atoms. The summed E-state index contributed by atoms with van der Waals surface area (Å²) in [6.45, 7) is 0. The van der Waals surface area contributed by atoms with E-state index >= 15 is 0 Å². The third-order valence-electron chi connectivity index (χ3n) is 10.8. The van der Waals surface area contributed by atoms with E-state index in [4.69, 9.17) is 0 Å². The third kappa shape index (κ3) is 4.59. The summed E-state index contributed by atoms with van der Waals surface area (Å²) in [4.78, 5) is 34.3. The van der Waals surface area contributed by atoms with Gasteiger partial charge in [-0.3, -0.25) is 14.5 Å². The maximum atomic E-state index is 14.9. The van der Waals surface area contributed by atoms with E-state index < -0.39 is 33.3 Å². The summed E-state index contributed by atoms with van der Waals surface area (Å²) < 4.78 is -0.649. The molecule has 3 aliphatic rings. The summed E-state index contributed by atoms with van der Waals surface area (Å²) in [5, 5.41) is 16.0. The topological polar surface area (TPSA) is 88.7 Å². The first-order valence-corrected chi connectivity index (χ1v) is 20.3. The van der Waals surface area contributed by atoms with Gasteiger partial charge in [-0.2, -0.15) is 0 Å². The Hall–Kier alpha value is -4.61. The largest absolute Gasteiger partial charge is 0.365 e. The van der Waals surface area contributed by atoms with E-state index in [1.807, 2.05) is 60.8 Å². The molecular formula is C41H34N4O3S3. The Bertz CT molecular complexity index is 2170. The molecule has 2 saturated heterocycles. The zero-order valence-corrected chi connectivity index (χ0v) is 30.1. The summed E-state index contributed by atoms with van der Waals surface area (Å²) in [5.41, 5.74) is 6.44. The van der Waals surface area contributed by atoms with Gasteiger partial charge in [0.25, 0.3) is 11.8 Å². The highest BCUT2D eigenvalue weighted by molar-refractivity contribution is 9.09. The Labute approximate surface area is 307 Å². The van der Waals surface area contributed by atoms with Crippen molar-refractivity contribution in [2.24, 2.45) is 0 Å². The number of aromatic amines is 1. The molecule has 7 nitrogen and oxygen atoms in total. The zero-order valence-electron chi connectivity index (χ0n) is 27.6. The van der Waals surface area contributed by atoms with E-state index in [0.29, 0.717) is 6.42 Å². The number of para-hydroxylation sites is 2. The van der Waals surface area contributed by atoms with Crippen LogP contribution in [0.3, 0.4) is 0 Å². The average molecular weight is 727 g/mol. The summed E-state index contributed by atoms with van der Waals surface area (Å²) >= 11 is 0. The number of aliphatic hydroxyl groups is 1. The molecule has 0 aliphatic carbocycles. The van der Waals surface area contributed by atoms with E-state index in [0.717, 1.165) is 44.4 Å². The predicted octanol–water partition coefficient (Wildman–Crippen LogP) is 7.95. The molecule has 0 saturated carbocycles. The molecule has 1 aromatic heterocycles. The van der Waals surface area contributed by atoms with Crippen LogP contribution in [-0.2, 0) is 19.8 Å². The van der Waals surface area contributed by atoms with Crippen LogP contribution in [0.15, 0.2) is 146 Å². The molecule has 2 amide bonds. The van der Waals surface area contributed by atoms with Crippen LogP contribution < -0.4 is 5.32 Å². The third-order valence-corrected chi connectivity index (χ3v) is 15.8. The molecule has 9 rings (SSSR count). The second-order valence-electron chi connectivity index (χ2n) is 13.3. The number of benzene rings is 5. The molecule has 5 aromatic carbocycles. The highest BCUT2D eigenvalue weighted by Crippen LogP contribution is 2.67. The number of anilines is 1. The molecule has 4 atom stereocenters. The second-order valence-corrected chi connectivity index (χ2v) is 17.7. The maximum Gasteiger partial charge on any atom is 0.275 e. The van der Waals surface area contributed by atoms with Gasteiger partial charge in [0.1, 0.15) is 10.9 Å². The van der Waals surface area contributed by atoms with E-state index in [2.05, 4.69) is 95.2 Å². The molecule has 10 heteroatoms. The predicted molar refractivity (Wildman–Crippen MR) is 208 cm³/mol. The molecule has 3 aliphatic heterocycles. The minimum Gasteiger partial charge on any atom is -0.365 e. The normalized spacial score (nSPS) is 24.0. The van der Waals surface area contributed by atoms with Crippen molar-refractivity contribution in [3.05, 3.63) is 174 Å².